The molecule has 2 unspecified atom stereocenters. The van der Waals surface area contributed by atoms with Crippen LogP contribution in [0.5, 0.6) is 0 Å². The fourth-order valence-corrected chi connectivity index (χ4v) is 3.42. The van der Waals surface area contributed by atoms with E-state index in [2.05, 4.69) is 43.6 Å². The maximum atomic E-state index is 12.4. The number of nitrogens with zero attached hydrogens (tertiary/aromatic N) is 1. The van der Waals surface area contributed by atoms with Gasteiger partial charge in [0.2, 0.25) is 5.91 Å². The molecule has 1 saturated heterocycles. The number of hydrogen-bond donors (Lipinski definition) is 1. The van der Waals surface area contributed by atoms with Crippen LogP contribution in [0.3, 0.4) is 0 Å². The van der Waals surface area contributed by atoms with Crippen LogP contribution in [-0.4, -0.2) is 35.4 Å². The predicted octanol–water partition coefficient (Wildman–Crippen LogP) is 3.27. The Morgan fingerprint density at radius 2 is 2.05 bits per heavy atom. The lowest BCUT2D eigenvalue weighted by molar-refractivity contribution is -0.129. The summed E-state index contributed by atoms with van der Waals surface area (Å²) in [6, 6.07) is 6.39. The molecule has 1 N–H and O–H groups in total. The van der Waals surface area contributed by atoms with E-state index in [9.17, 15) is 4.79 Å². The molecule has 4 heteroatoms. The average Bonchev–Trinajstić information content (AvgIpc) is 2.71. The van der Waals surface area contributed by atoms with E-state index < -0.39 is 0 Å². The summed E-state index contributed by atoms with van der Waals surface area (Å²) < 4.78 is 0. The zero-order chi connectivity index (χ0) is 15.4. The monoisotopic (exact) mass is 306 g/mol. The number of benzene rings is 1. The van der Waals surface area contributed by atoms with E-state index >= 15 is 0 Å². The van der Waals surface area contributed by atoms with E-state index in [1.807, 2.05) is 23.6 Å². The van der Waals surface area contributed by atoms with E-state index in [4.69, 9.17) is 0 Å². The van der Waals surface area contributed by atoms with Gasteiger partial charge in [-0.15, -0.1) is 0 Å². The fourth-order valence-electron chi connectivity index (χ4n) is 2.93. The Morgan fingerprint density at radius 1 is 1.29 bits per heavy atom. The van der Waals surface area contributed by atoms with Gasteiger partial charge >= 0.3 is 0 Å². The van der Waals surface area contributed by atoms with Crippen molar-refractivity contribution in [2.45, 2.75) is 45.8 Å². The van der Waals surface area contributed by atoms with Gasteiger partial charge in [0.05, 0.1) is 6.04 Å². The Morgan fingerprint density at radius 3 is 2.71 bits per heavy atom. The van der Waals surface area contributed by atoms with Gasteiger partial charge in [-0.2, -0.15) is 11.8 Å². The van der Waals surface area contributed by atoms with Gasteiger partial charge in [-0.25, -0.2) is 0 Å². The molecule has 3 nitrogen and oxygen atoms in total. The summed E-state index contributed by atoms with van der Waals surface area (Å²) in [6.07, 6.45) is 4.40. The maximum Gasteiger partial charge on any atom is 0.241 e. The lowest BCUT2D eigenvalue weighted by atomic mass is 10.0. The third-order valence-electron chi connectivity index (χ3n) is 4.09. The van der Waals surface area contributed by atoms with E-state index in [0.29, 0.717) is 0 Å². The molecule has 0 bridgehead atoms. The summed E-state index contributed by atoms with van der Waals surface area (Å²) in [5.74, 6) is 1.39. The number of aryl methyl sites for hydroxylation is 2. The summed E-state index contributed by atoms with van der Waals surface area (Å²) in [7, 11) is 0. The number of nitrogens with one attached hydrogen (secondary N) is 1. The van der Waals surface area contributed by atoms with Crippen LogP contribution in [0.4, 0.5) is 0 Å². The van der Waals surface area contributed by atoms with Gasteiger partial charge in [0, 0.05) is 6.54 Å². The molecule has 116 valence electrons. The molecule has 21 heavy (non-hydrogen) atoms. The first-order valence-corrected chi connectivity index (χ1v) is 9.06. The smallest absolute Gasteiger partial charge is 0.241 e. The summed E-state index contributed by atoms with van der Waals surface area (Å²) in [5.41, 5.74) is 3.74. The van der Waals surface area contributed by atoms with Crippen LogP contribution in [0.15, 0.2) is 18.2 Å². The van der Waals surface area contributed by atoms with Crippen LogP contribution in [0.1, 0.15) is 42.6 Å². The van der Waals surface area contributed by atoms with Crippen LogP contribution in [0.2, 0.25) is 0 Å². The molecular weight excluding hydrogens is 280 g/mol. The number of carbonyl (C=O) groups excluding carboxylic acids is 1. The average molecular weight is 306 g/mol. The molecule has 0 aliphatic carbocycles. The normalized spacial score (nSPS) is 22.1. The molecule has 1 fully saturated rings. The van der Waals surface area contributed by atoms with Crippen molar-refractivity contribution in [3.8, 4) is 0 Å². The van der Waals surface area contributed by atoms with Crippen molar-refractivity contribution in [3.05, 3.63) is 34.9 Å². The van der Waals surface area contributed by atoms with Crippen molar-refractivity contribution < 1.29 is 4.79 Å². The van der Waals surface area contributed by atoms with Gasteiger partial charge in [0.15, 0.2) is 0 Å². The number of thioether (sulfide) groups is 1. The molecule has 1 aliphatic heterocycles. The van der Waals surface area contributed by atoms with Crippen molar-refractivity contribution >= 4 is 17.7 Å². The maximum absolute atomic E-state index is 12.4. The molecule has 1 amide bonds. The zero-order valence-electron chi connectivity index (χ0n) is 13.5. The van der Waals surface area contributed by atoms with E-state index in [0.717, 1.165) is 13.0 Å². The molecule has 0 saturated carbocycles. The molecule has 1 aliphatic rings. The van der Waals surface area contributed by atoms with Crippen molar-refractivity contribution in [2.75, 3.05) is 18.6 Å². The zero-order valence-corrected chi connectivity index (χ0v) is 14.3. The number of unbranched alkanes of at least 4 members (excludes halogenated alkanes) is 1. The lowest BCUT2D eigenvalue weighted by Gasteiger charge is -2.26. The second kappa shape index (κ2) is 7.32. The van der Waals surface area contributed by atoms with E-state index in [1.165, 1.54) is 28.9 Å². The highest BCUT2D eigenvalue weighted by Gasteiger charge is 2.37. The summed E-state index contributed by atoms with van der Waals surface area (Å²) in [4.78, 5) is 14.4. The topological polar surface area (TPSA) is 32.3 Å². The third kappa shape index (κ3) is 3.80. The van der Waals surface area contributed by atoms with E-state index in [1.54, 1.807) is 0 Å². The van der Waals surface area contributed by atoms with Gasteiger partial charge < -0.3 is 4.90 Å². The standard InChI is InChI=1S/C17H26N2OS/c1-12-7-8-15(13(2)11-12)16-18-14(3)17(20)19(16)9-5-6-10-21-4/h7-8,11,14,16,18H,5-6,9-10H2,1-4H3. The Hall–Kier alpha value is -1.00. The molecule has 2 atom stereocenters. The van der Waals surface area contributed by atoms with Crippen molar-refractivity contribution in [1.29, 1.82) is 0 Å². The molecular formula is C17H26N2OS. The highest BCUT2D eigenvalue weighted by atomic mass is 32.2. The first-order valence-electron chi connectivity index (χ1n) is 7.67. The minimum atomic E-state index is -0.0868. The number of amides is 1. The van der Waals surface area contributed by atoms with E-state index in [-0.39, 0.29) is 18.1 Å². The number of carbonyl (C=O) groups is 1. The Balaban J connectivity index is 2.13. The Kier molecular flexibility index (Phi) is 5.71. The largest absolute Gasteiger partial charge is 0.322 e. The quantitative estimate of drug-likeness (QED) is 0.819. The first-order chi connectivity index (χ1) is 10.0. The molecule has 0 spiro atoms. The van der Waals surface area contributed by atoms with Crippen LogP contribution >= 0.6 is 11.8 Å². The molecule has 0 radical (unpaired) electrons. The molecule has 1 aromatic rings. The number of rotatable bonds is 6. The van der Waals surface area contributed by atoms with Gasteiger partial charge in [0.25, 0.3) is 0 Å². The number of hydrogen-bond acceptors (Lipinski definition) is 3. The Labute approximate surface area is 132 Å². The van der Waals surface area contributed by atoms with Crippen LogP contribution in [0, 0.1) is 13.8 Å². The van der Waals surface area contributed by atoms with Gasteiger partial charge in [0.1, 0.15) is 6.17 Å². The second-order valence-electron chi connectivity index (χ2n) is 5.88. The van der Waals surface area contributed by atoms with Crippen LogP contribution in [-0.2, 0) is 4.79 Å². The highest BCUT2D eigenvalue weighted by Crippen LogP contribution is 2.28. The second-order valence-corrected chi connectivity index (χ2v) is 6.87. The summed E-state index contributed by atoms with van der Waals surface area (Å²) in [5, 5.41) is 3.44. The predicted molar refractivity (Wildman–Crippen MR) is 90.6 cm³/mol. The molecule has 2 rings (SSSR count). The summed E-state index contributed by atoms with van der Waals surface area (Å²) in [6.45, 7) is 7.03. The first kappa shape index (κ1) is 16.4. The van der Waals surface area contributed by atoms with Crippen LogP contribution in [0.25, 0.3) is 0 Å². The minimum absolute atomic E-state index is 0.0300. The fraction of sp³-hybridized carbons (Fsp3) is 0.588. The van der Waals surface area contributed by atoms with Gasteiger partial charge in [-0.1, -0.05) is 23.8 Å². The molecule has 0 aromatic heterocycles. The van der Waals surface area contributed by atoms with Crippen molar-refractivity contribution in [1.82, 2.24) is 10.2 Å². The van der Waals surface area contributed by atoms with Crippen molar-refractivity contribution in [3.63, 3.8) is 0 Å². The van der Waals surface area contributed by atoms with Crippen LogP contribution < -0.4 is 5.32 Å². The molecule has 1 aromatic carbocycles. The SMILES string of the molecule is CSCCCCN1C(=O)C(C)NC1c1ccc(C)cc1C. The minimum Gasteiger partial charge on any atom is -0.322 e. The third-order valence-corrected chi connectivity index (χ3v) is 4.79. The van der Waals surface area contributed by atoms with Crippen molar-refractivity contribution in [2.24, 2.45) is 0 Å². The molecule has 1 heterocycles. The lowest BCUT2D eigenvalue weighted by Crippen LogP contribution is -2.32. The van der Waals surface area contributed by atoms with Gasteiger partial charge in [-0.3, -0.25) is 10.1 Å². The highest BCUT2D eigenvalue weighted by molar-refractivity contribution is 7.98. The Bertz CT molecular complexity index is 504. The summed E-state index contributed by atoms with van der Waals surface area (Å²) >= 11 is 1.87. The van der Waals surface area contributed by atoms with Gasteiger partial charge in [-0.05, 0) is 56.7 Å².